The summed E-state index contributed by atoms with van der Waals surface area (Å²) in [5, 5.41) is 4.22. The molecule has 0 spiro atoms. The number of halogens is 4. The summed E-state index contributed by atoms with van der Waals surface area (Å²) in [5.41, 5.74) is -1.39. The molecule has 0 aliphatic carbocycles. The number of piperidine rings is 1. The molecule has 2 heterocycles. The van der Waals surface area contributed by atoms with Crippen molar-refractivity contribution in [2.75, 3.05) is 20.2 Å². The van der Waals surface area contributed by atoms with Gasteiger partial charge in [-0.1, -0.05) is 18.5 Å². The number of methoxy groups -OCH3 is 1. The van der Waals surface area contributed by atoms with Gasteiger partial charge in [0.1, 0.15) is 0 Å². The normalized spacial score (nSPS) is 20.7. The van der Waals surface area contributed by atoms with Gasteiger partial charge in [-0.3, -0.25) is 4.79 Å². The average Bonchev–Trinajstić information content (AvgIpc) is 3.07. The molecule has 1 aromatic heterocycles. The Morgan fingerprint density at radius 1 is 1.30 bits per heavy atom. The van der Waals surface area contributed by atoms with E-state index in [0.29, 0.717) is 18.0 Å². The number of hydrogen-bond acceptors (Lipinski definition) is 3. The maximum Gasteiger partial charge on any atom is 0.434 e. The van der Waals surface area contributed by atoms with E-state index in [9.17, 15) is 18.0 Å². The number of likely N-dealkylation sites (tertiary alicyclic amines) is 1. The van der Waals surface area contributed by atoms with Crippen molar-refractivity contribution in [2.45, 2.75) is 25.6 Å². The zero-order valence-electron chi connectivity index (χ0n) is 14.8. The number of rotatable bonds is 3. The first-order valence-corrected chi connectivity index (χ1v) is 8.83. The number of benzene rings is 1. The summed E-state index contributed by atoms with van der Waals surface area (Å²) in [4.78, 5) is 14.2. The smallest absolute Gasteiger partial charge is 0.379 e. The van der Waals surface area contributed by atoms with Crippen LogP contribution in [0.3, 0.4) is 0 Å². The molecule has 1 aliphatic rings. The number of hydrogen-bond donors (Lipinski definition) is 0. The lowest BCUT2D eigenvalue weighted by atomic mass is 9.95. The summed E-state index contributed by atoms with van der Waals surface area (Å²) >= 11 is 5.80. The van der Waals surface area contributed by atoms with Gasteiger partial charge in [0, 0.05) is 25.2 Å². The minimum Gasteiger partial charge on any atom is -0.379 e. The van der Waals surface area contributed by atoms with Crippen LogP contribution in [0.2, 0.25) is 5.02 Å². The van der Waals surface area contributed by atoms with Crippen LogP contribution in [0.25, 0.3) is 5.69 Å². The van der Waals surface area contributed by atoms with Gasteiger partial charge in [-0.2, -0.15) is 18.3 Å². The van der Waals surface area contributed by atoms with Gasteiger partial charge in [0.15, 0.2) is 5.69 Å². The molecule has 0 radical (unpaired) electrons. The van der Waals surface area contributed by atoms with Crippen molar-refractivity contribution in [3.05, 3.63) is 46.7 Å². The zero-order valence-corrected chi connectivity index (χ0v) is 15.6. The van der Waals surface area contributed by atoms with Gasteiger partial charge in [0.2, 0.25) is 0 Å². The third-order valence-corrected chi connectivity index (χ3v) is 5.07. The largest absolute Gasteiger partial charge is 0.434 e. The van der Waals surface area contributed by atoms with Crippen molar-refractivity contribution >= 4 is 17.5 Å². The molecular weight excluding hydrogens is 383 g/mol. The third-order valence-electron chi connectivity index (χ3n) is 4.82. The van der Waals surface area contributed by atoms with Crippen molar-refractivity contribution in [2.24, 2.45) is 5.92 Å². The van der Waals surface area contributed by atoms with E-state index >= 15 is 0 Å². The number of amides is 1. The van der Waals surface area contributed by atoms with Crippen LogP contribution in [-0.4, -0.2) is 46.9 Å². The molecule has 3 rings (SSSR count). The lowest BCUT2D eigenvalue weighted by Gasteiger charge is -2.36. The Balaban J connectivity index is 1.98. The second-order valence-corrected chi connectivity index (χ2v) is 7.02. The summed E-state index contributed by atoms with van der Waals surface area (Å²) in [6, 6.07) is 5.77. The van der Waals surface area contributed by atoms with Crippen LogP contribution in [0.15, 0.2) is 30.5 Å². The van der Waals surface area contributed by atoms with Crippen LogP contribution >= 0.6 is 11.6 Å². The van der Waals surface area contributed by atoms with Crippen molar-refractivity contribution in [3.8, 4) is 5.69 Å². The monoisotopic (exact) mass is 401 g/mol. The standard InChI is InChI=1S/C18H19ClF3N3O2/c1-11-7-8-24(10-15(11)27-2)17(26)14-9-23-25(16(14)18(20,21)22)13-5-3-12(19)4-6-13/h3-6,9,11,15H,7-8,10H2,1-2H3/t11-,15-/m0/s1. The Labute approximate surface area is 159 Å². The fraction of sp³-hybridized carbons (Fsp3) is 0.444. The molecule has 27 heavy (non-hydrogen) atoms. The Kier molecular flexibility index (Phi) is 5.48. The molecular formula is C18H19ClF3N3O2. The average molecular weight is 402 g/mol. The fourth-order valence-corrected chi connectivity index (χ4v) is 3.38. The summed E-state index contributed by atoms with van der Waals surface area (Å²) in [6.07, 6.45) is -3.31. The summed E-state index contributed by atoms with van der Waals surface area (Å²) in [6.45, 7) is 2.62. The molecule has 0 saturated carbocycles. The molecule has 1 aliphatic heterocycles. The first kappa shape index (κ1) is 19.7. The van der Waals surface area contributed by atoms with Gasteiger partial charge in [0.25, 0.3) is 5.91 Å². The molecule has 5 nitrogen and oxygen atoms in total. The van der Waals surface area contributed by atoms with Gasteiger partial charge in [-0.25, -0.2) is 4.68 Å². The molecule has 0 unspecified atom stereocenters. The number of alkyl halides is 3. The van der Waals surface area contributed by atoms with E-state index in [2.05, 4.69) is 5.10 Å². The summed E-state index contributed by atoms with van der Waals surface area (Å²) in [7, 11) is 1.54. The first-order valence-electron chi connectivity index (χ1n) is 8.45. The molecule has 2 aromatic rings. The zero-order chi connectivity index (χ0) is 19.8. The SMILES string of the molecule is CO[C@H]1CN(C(=O)c2cnn(-c3ccc(Cl)cc3)c2C(F)(F)F)CC[C@@H]1C. The highest BCUT2D eigenvalue weighted by atomic mass is 35.5. The summed E-state index contributed by atoms with van der Waals surface area (Å²) < 4.78 is 47.4. The van der Waals surface area contributed by atoms with Gasteiger partial charge in [-0.15, -0.1) is 0 Å². The fourth-order valence-electron chi connectivity index (χ4n) is 3.25. The number of nitrogens with zero attached hydrogens (tertiary/aromatic N) is 3. The Morgan fingerprint density at radius 3 is 2.56 bits per heavy atom. The second kappa shape index (κ2) is 7.52. The predicted octanol–water partition coefficient (Wildman–Crippen LogP) is 4.04. The molecule has 1 fully saturated rings. The lowest BCUT2D eigenvalue weighted by molar-refractivity contribution is -0.143. The van der Waals surface area contributed by atoms with E-state index in [1.807, 2.05) is 6.92 Å². The van der Waals surface area contributed by atoms with Crippen LogP contribution < -0.4 is 0 Å². The Hall–Kier alpha value is -2.06. The van der Waals surface area contributed by atoms with Gasteiger partial charge >= 0.3 is 6.18 Å². The van der Waals surface area contributed by atoms with Crippen LogP contribution in [0.1, 0.15) is 29.4 Å². The van der Waals surface area contributed by atoms with E-state index in [1.165, 1.54) is 36.3 Å². The summed E-state index contributed by atoms with van der Waals surface area (Å²) in [5.74, 6) is -0.464. The van der Waals surface area contributed by atoms with Crippen molar-refractivity contribution in [1.29, 1.82) is 0 Å². The van der Waals surface area contributed by atoms with E-state index in [-0.39, 0.29) is 24.3 Å². The maximum absolute atomic E-state index is 13.8. The van der Waals surface area contributed by atoms with E-state index in [0.717, 1.165) is 10.9 Å². The number of aromatic nitrogens is 2. The van der Waals surface area contributed by atoms with Crippen LogP contribution in [0.4, 0.5) is 13.2 Å². The maximum atomic E-state index is 13.8. The highest BCUT2D eigenvalue weighted by Crippen LogP contribution is 2.35. The molecule has 2 atom stereocenters. The third kappa shape index (κ3) is 3.96. The van der Waals surface area contributed by atoms with Crippen molar-refractivity contribution in [3.63, 3.8) is 0 Å². The van der Waals surface area contributed by atoms with Crippen LogP contribution in [-0.2, 0) is 10.9 Å². The Morgan fingerprint density at radius 2 is 1.96 bits per heavy atom. The van der Waals surface area contributed by atoms with E-state index < -0.39 is 23.3 Å². The first-order chi connectivity index (χ1) is 12.7. The second-order valence-electron chi connectivity index (χ2n) is 6.58. The lowest BCUT2D eigenvalue weighted by Crippen LogP contribution is -2.47. The molecule has 1 amide bonds. The molecule has 0 bridgehead atoms. The van der Waals surface area contributed by atoms with Crippen LogP contribution in [0.5, 0.6) is 0 Å². The molecule has 1 saturated heterocycles. The highest BCUT2D eigenvalue weighted by molar-refractivity contribution is 6.30. The van der Waals surface area contributed by atoms with Gasteiger partial charge in [-0.05, 0) is 36.6 Å². The molecule has 0 N–H and O–H groups in total. The quantitative estimate of drug-likeness (QED) is 0.779. The molecule has 146 valence electrons. The number of carbonyl (C=O) groups is 1. The van der Waals surface area contributed by atoms with E-state index in [4.69, 9.17) is 16.3 Å². The number of carbonyl (C=O) groups excluding carboxylic acids is 1. The van der Waals surface area contributed by atoms with Gasteiger partial charge in [0.05, 0.1) is 23.6 Å². The minimum absolute atomic E-state index is 0.174. The van der Waals surface area contributed by atoms with Gasteiger partial charge < -0.3 is 9.64 Å². The van der Waals surface area contributed by atoms with Crippen molar-refractivity contribution < 1.29 is 22.7 Å². The molecule has 9 heteroatoms. The minimum atomic E-state index is -4.75. The van der Waals surface area contributed by atoms with E-state index in [1.54, 1.807) is 0 Å². The molecule has 1 aromatic carbocycles. The highest BCUT2D eigenvalue weighted by Gasteiger charge is 2.42. The topological polar surface area (TPSA) is 47.4 Å². The number of ether oxygens (including phenoxy) is 1. The van der Waals surface area contributed by atoms with Crippen LogP contribution in [0, 0.1) is 5.92 Å². The Bertz CT molecular complexity index is 820. The predicted molar refractivity (Wildman–Crippen MR) is 94.1 cm³/mol. The van der Waals surface area contributed by atoms with Crippen molar-refractivity contribution in [1.82, 2.24) is 14.7 Å².